The number of hydrogen-bond donors (Lipinski definition) is 0. The molecule has 0 bridgehead atoms. The highest BCUT2D eigenvalue weighted by molar-refractivity contribution is 7.89. The monoisotopic (exact) mass is 395 g/mol. The van der Waals surface area contributed by atoms with Gasteiger partial charge in [-0.2, -0.15) is 4.31 Å². The van der Waals surface area contributed by atoms with E-state index in [0.717, 1.165) is 0 Å². The van der Waals surface area contributed by atoms with Gasteiger partial charge in [0.1, 0.15) is 6.04 Å². The summed E-state index contributed by atoms with van der Waals surface area (Å²) in [5, 5.41) is 0. The summed E-state index contributed by atoms with van der Waals surface area (Å²) in [5.41, 5.74) is 0.722. The standard InChI is InChI=1S/C17H21N3O6S/c1-18-13-5-4-12(11-15(13)26-17(18)22)27(23,24)20-6-2-3-14(20)16(21)19-7-9-25-10-8-19/h4-5,11,14H,2-3,6-10H2,1H3/t14-/m1/s1. The summed E-state index contributed by atoms with van der Waals surface area (Å²) in [6.45, 7) is 2.18. The number of hydrogen-bond acceptors (Lipinski definition) is 6. The molecule has 1 atom stereocenters. The second-order valence-electron chi connectivity index (χ2n) is 6.77. The minimum atomic E-state index is -3.88. The number of benzene rings is 1. The molecule has 1 aromatic carbocycles. The van der Waals surface area contributed by atoms with Crippen LogP contribution in [-0.4, -0.2) is 67.0 Å². The highest BCUT2D eigenvalue weighted by Crippen LogP contribution is 2.29. The molecule has 0 spiro atoms. The van der Waals surface area contributed by atoms with Crippen LogP contribution in [0.3, 0.4) is 0 Å². The summed E-state index contributed by atoms with van der Waals surface area (Å²) in [5.74, 6) is -0.729. The molecule has 3 heterocycles. The van der Waals surface area contributed by atoms with Crippen molar-refractivity contribution in [1.29, 1.82) is 0 Å². The first-order valence-electron chi connectivity index (χ1n) is 8.87. The fourth-order valence-corrected chi connectivity index (χ4v) is 5.35. The second kappa shape index (κ2) is 6.77. The van der Waals surface area contributed by atoms with E-state index in [-0.39, 0.29) is 16.4 Å². The average Bonchev–Trinajstić information content (AvgIpc) is 3.27. The van der Waals surface area contributed by atoms with Crippen molar-refractivity contribution in [2.45, 2.75) is 23.8 Å². The number of nitrogens with zero attached hydrogens (tertiary/aromatic N) is 3. The van der Waals surface area contributed by atoms with Crippen molar-refractivity contribution in [2.75, 3.05) is 32.8 Å². The molecule has 2 fully saturated rings. The molecular formula is C17H21N3O6S. The van der Waals surface area contributed by atoms with Crippen LogP contribution in [0.5, 0.6) is 0 Å². The lowest BCUT2D eigenvalue weighted by molar-refractivity contribution is -0.138. The van der Waals surface area contributed by atoms with Gasteiger partial charge in [-0.1, -0.05) is 0 Å². The lowest BCUT2D eigenvalue weighted by atomic mass is 10.2. The maximum atomic E-state index is 13.2. The smallest absolute Gasteiger partial charge is 0.408 e. The Morgan fingerprint density at radius 1 is 1.19 bits per heavy atom. The second-order valence-corrected chi connectivity index (χ2v) is 8.66. The number of carbonyl (C=O) groups is 1. The Balaban J connectivity index is 1.66. The van der Waals surface area contributed by atoms with Gasteiger partial charge in [0, 0.05) is 32.7 Å². The number of fused-ring (bicyclic) bond motifs is 1. The topological polar surface area (TPSA) is 102 Å². The van der Waals surface area contributed by atoms with Gasteiger partial charge in [0.25, 0.3) is 0 Å². The van der Waals surface area contributed by atoms with E-state index in [2.05, 4.69) is 0 Å². The van der Waals surface area contributed by atoms with Gasteiger partial charge in [-0.15, -0.1) is 0 Å². The van der Waals surface area contributed by atoms with Crippen LogP contribution in [0.25, 0.3) is 11.1 Å². The van der Waals surface area contributed by atoms with E-state index < -0.39 is 21.8 Å². The van der Waals surface area contributed by atoms with Crippen molar-refractivity contribution >= 4 is 27.0 Å². The molecule has 4 rings (SSSR count). The quantitative estimate of drug-likeness (QED) is 0.733. The zero-order valence-electron chi connectivity index (χ0n) is 15.0. The summed E-state index contributed by atoms with van der Waals surface area (Å²) in [6, 6.07) is 3.63. The molecule has 0 radical (unpaired) electrons. The van der Waals surface area contributed by atoms with Gasteiger partial charge < -0.3 is 14.1 Å². The van der Waals surface area contributed by atoms with Crippen LogP contribution in [-0.2, 0) is 26.6 Å². The molecule has 0 saturated carbocycles. The molecule has 146 valence electrons. The van der Waals surface area contributed by atoms with Crippen molar-refractivity contribution in [3.63, 3.8) is 0 Å². The molecule has 2 aliphatic heterocycles. The van der Waals surface area contributed by atoms with Gasteiger partial charge in [-0.3, -0.25) is 9.36 Å². The van der Waals surface area contributed by atoms with E-state index in [9.17, 15) is 18.0 Å². The Morgan fingerprint density at radius 2 is 1.93 bits per heavy atom. The first-order chi connectivity index (χ1) is 12.9. The van der Waals surface area contributed by atoms with Crippen molar-refractivity contribution in [3.8, 4) is 0 Å². The number of morpholine rings is 1. The van der Waals surface area contributed by atoms with Crippen LogP contribution in [0.2, 0.25) is 0 Å². The third kappa shape index (κ3) is 3.07. The van der Waals surface area contributed by atoms with Crippen LogP contribution in [0.1, 0.15) is 12.8 Å². The number of ether oxygens (including phenoxy) is 1. The molecule has 2 aliphatic rings. The number of carbonyl (C=O) groups excluding carboxylic acids is 1. The van der Waals surface area contributed by atoms with Gasteiger partial charge in [0.15, 0.2) is 5.58 Å². The van der Waals surface area contributed by atoms with Gasteiger partial charge in [0.2, 0.25) is 15.9 Å². The lowest BCUT2D eigenvalue weighted by Crippen LogP contribution is -2.50. The van der Waals surface area contributed by atoms with Crippen molar-refractivity contribution in [2.24, 2.45) is 7.05 Å². The Labute approximate surface area is 156 Å². The van der Waals surface area contributed by atoms with Gasteiger partial charge in [-0.05, 0) is 25.0 Å². The summed E-state index contributed by atoms with van der Waals surface area (Å²) in [6.07, 6.45) is 1.13. The summed E-state index contributed by atoms with van der Waals surface area (Å²) < 4.78 is 39.3. The van der Waals surface area contributed by atoms with Gasteiger partial charge in [0.05, 0.1) is 23.6 Å². The molecule has 9 nitrogen and oxygen atoms in total. The molecule has 0 N–H and O–H groups in total. The number of amides is 1. The Morgan fingerprint density at radius 3 is 2.67 bits per heavy atom. The Hall–Kier alpha value is -2.17. The zero-order chi connectivity index (χ0) is 19.2. The van der Waals surface area contributed by atoms with Crippen LogP contribution in [0.15, 0.2) is 32.3 Å². The van der Waals surface area contributed by atoms with Crippen molar-refractivity contribution < 1.29 is 22.4 Å². The van der Waals surface area contributed by atoms with Crippen LogP contribution >= 0.6 is 0 Å². The molecule has 10 heteroatoms. The minimum Gasteiger partial charge on any atom is -0.408 e. The normalized spacial score (nSPS) is 21.8. The number of aromatic nitrogens is 1. The predicted molar refractivity (Wildman–Crippen MR) is 95.8 cm³/mol. The lowest BCUT2D eigenvalue weighted by Gasteiger charge is -2.32. The predicted octanol–water partition coefficient (Wildman–Crippen LogP) is 0.143. The fraction of sp³-hybridized carbons (Fsp3) is 0.529. The average molecular weight is 395 g/mol. The summed E-state index contributed by atoms with van der Waals surface area (Å²) >= 11 is 0. The van der Waals surface area contributed by atoms with Crippen molar-refractivity contribution in [3.05, 3.63) is 28.7 Å². The maximum absolute atomic E-state index is 13.2. The molecule has 0 unspecified atom stereocenters. The number of oxazole rings is 1. The zero-order valence-corrected chi connectivity index (χ0v) is 15.8. The molecule has 27 heavy (non-hydrogen) atoms. The minimum absolute atomic E-state index is 0.0195. The summed E-state index contributed by atoms with van der Waals surface area (Å²) in [7, 11) is -2.33. The van der Waals surface area contributed by atoms with E-state index >= 15 is 0 Å². The number of aryl methyl sites for hydroxylation is 1. The first kappa shape index (κ1) is 18.2. The van der Waals surface area contributed by atoms with Crippen LogP contribution in [0.4, 0.5) is 0 Å². The number of rotatable bonds is 3. The van der Waals surface area contributed by atoms with Gasteiger partial charge >= 0.3 is 5.76 Å². The SMILES string of the molecule is Cn1c(=O)oc2cc(S(=O)(=O)N3CCC[C@@H]3C(=O)N3CCOCC3)ccc21. The largest absolute Gasteiger partial charge is 0.419 e. The Kier molecular flexibility index (Phi) is 4.57. The first-order valence-corrected chi connectivity index (χ1v) is 10.3. The van der Waals surface area contributed by atoms with Crippen LogP contribution < -0.4 is 5.76 Å². The highest BCUT2D eigenvalue weighted by Gasteiger charge is 2.41. The van der Waals surface area contributed by atoms with E-state index in [0.29, 0.717) is 51.2 Å². The molecular weight excluding hydrogens is 374 g/mol. The molecule has 1 amide bonds. The number of sulfonamides is 1. The van der Waals surface area contributed by atoms with Crippen LogP contribution in [0, 0.1) is 0 Å². The van der Waals surface area contributed by atoms with E-state index in [4.69, 9.17) is 9.15 Å². The van der Waals surface area contributed by atoms with Gasteiger partial charge in [-0.25, -0.2) is 13.2 Å². The molecule has 0 aliphatic carbocycles. The summed E-state index contributed by atoms with van der Waals surface area (Å²) in [4.78, 5) is 26.2. The molecule has 2 aromatic rings. The van der Waals surface area contributed by atoms with Crippen molar-refractivity contribution in [1.82, 2.24) is 13.8 Å². The third-order valence-electron chi connectivity index (χ3n) is 5.18. The maximum Gasteiger partial charge on any atom is 0.419 e. The third-order valence-corrected chi connectivity index (χ3v) is 7.09. The fourth-order valence-electron chi connectivity index (χ4n) is 3.68. The Bertz CT molecular complexity index is 1030. The molecule has 1 aromatic heterocycles. The van der Waals surface area contributed by atoms with E-state index in [1.54, 1.807) is 18.0 Å². The van der Waals surface area contributed by atoms with E-state index in [1.165, 1.54) is 21.0 Å². The highest BCUT2D eigenvalue weighted by atomic mass is 32.2. The van der Waals surface area contributed by atoms with E-state index in [1.807, 2.05) is 0 Å². The molecule has 2 saturated heterocycles.